The molecule has 4 rings (SSSR count). The Hall–Kier alpha value is -2.96. The Morgan fingerprint density at radius 1 is 1.35 bits per heavy atom. The van der Waals surface area contributed by atoms with E-state index in [-0.39, 0.29) is 11.9 Å². The Bertz CT molecular complexity index is 916. The first kappa shape index (κ1) is 13.7. The largest absolute Gasteiger partial charge is 0.363 e. The highest BCUT2D eigenvalue weighted by atomic mass is 16.1. The minimum absolute atomic E-state index is 0.0469. The number of carbonyl (C=O) groups is 1. The zero-order chi connectivity index (χ0) is 16.0. The van der Waals surface area contributed by atoms with Gasteiger partial charge in [-0.25, -0.2) is 9.97 Å². The van der Waals surface area contributed by atoms with Crippen LogP contribution in [0.25, 0.3) is 11.0 Å². The van der Waals surface area contributed by atoms with Crippen LogP contribution in [0.2, 0.25) is 0 Å². The Morgan fingerprint density at radius 3 is 3.09 bits per heavy atom. The summed E-state index contributed by atoms with van der Waals surface area (Å²) in [6.45, 7) is 2.07. The molecule has 1 unspecified atom stereocenters. The number of rotatable bonds is 3. The van der Waals surface area contributed by atoms with Crippen LogP contribution in [-0.2, 0) is 18.3 Å². The number of hydrogen-bond acceptors (Lipinski definition) is 5. The maximum Gasteiger partial charge on any atom is 0.228 e. The second-order valence-electron chi connectivity index (χ2n) is 5.74. The molecule has 0 saturated carbocycles. The van der Waals surface area contributed by atoms with Gasteiger partial charge in [0.1, 0.15) is 12.1 Å². The van der Waals surface area contributed by atoms with Crippen molar-refractivity contribution in [1.29, 1.82) is 0 Å². The van der Waals surface area contributed by atoms with Gasteiger partial charge < -0.3 is 10.6 Å². The summed E-state index contributed by atoms with van der Waals surface area (Å²) in [5, 5.41) is 11.4. The van der Waals surface area contributed by atoms with E-state index in [1.165, 1.54) is 6.33 Å². The molecule has 3 aromatic rings. The van der Waals surface area contributed by atoms with E-state index in [0.29, 0.717) is 6.42 Å². The van der Waals surface area contributed by atoms with Gasteiger partial charge in [0.2, 0.25) is 5.91 Å². The van der Waals surface area contributed by atoms with Crippen LogP contribution in [0.15, 0.2) is 30.7 Å². The number of hydrogen-bond donors (Lipinski definition) is 2. The van der Waals surface area contributed by atoms with E-state index in [9.17, 15) is 4.79 Å². The van der Waals surface area contributed by atoms with E-state index in [1.54, 1.807) is 10.9 Å². The summed E-state index contributed by atoms with van der Waals surface area (Å²) in [6, 6.07) is 6.08. The highest BCUT2D eigenvalue weighted by Gasteiger charge is 2.19. The van der Waals surface area contributed by atoms with Crippen LogP contribution in [-0.4, -0.2) is 25.7 Å². The number of nitrogens with zero attached hydrogens (tertiary/aromatic N) is 4. The first-order chi connectivity index (χ1) is 11.1. The summed E-state index contributed by atoms with van der Waals surface area (Å²) >= 11 is 0. The van der Waals surface area contributed by atoms with E-state index in [1.807, 2.05) is 19.2 Å². The molecule has 2 N–H and O–H groups in total. The lowest BCUT2D eigenvalue weighted by molar-refractivity contribution is -0.115. The van der Waals surface area contributed by atoms with Crippen LogP contribution >= 0.6 is 0 Å². The smallest absolute Gasteiger partial charge is 0.228 e. The number of aromatic nitrogens is 4. The highest BCUT2D eigenvalue weighted by molar-refractivity contribution is 5.99. The van der Waals surface area contributed by atoms with Crippen molar-refractivity contribution in [2.45, 2.75) is 19.4 Å². The normalized spacial score (nSPS) is 14.6. The third kappa shape index (κ3) is 2.30. The fourth-order valence-corrected chi connectivity index (χ4v) is 2.88. The molecule has 0 bridgehead atoms. The Labute approximate surface area is 132 Å². The van der Waals surface area contributed by atoms with E-state index in [4.69, 9.17) is 0 Å². The van der Waals surface area contributed by atoms with Gasteiger partial charge in [0.05, 0.1) is 18.0 Å². The van der Waals surface area contributed by atoms with Gasteiger partial charge in [0.15, 0.2) is 5.65 Å². The van der Waals surface area contributed by atoms with Gasteiger partial charge in [-0.1, -0.05) is 12.1 Å². The Balaban J connectivity index is 1.64. The maximum atomic E-state index is 11.5. The number of carbonyl (C=O) groups excluding carboxylic acids is 1. The number of benzene rings is 1. The predicted molar refractivity (Wildman–Crippen MR) is 87.1 cm³/mol. The minimum atomic E-state index is 0.0469. The maximum absolute atomic E-state index is 11.5. The quantitative estimate of drug-likeness (QED) is 0.773. The van der Waals surface area contributed by atoms with Crippen molar-refractivity contribution in [3.05, 3.63) is 41.9 Å². The monoisotopic (exact) mass is 308 g/mol. The summed E-state index contributed by atoms with van der Waals surface area (Å²) in [5.74, 6) is 0.802. The molecule has 7 heteroatoms. The molecule has 1 aliphatic heterocycles. The van der Waals surface area contributed by atoms with E-state index >= 15 is 0 Å². The van der Waals surface area contributed by atoms with E-state index < -0.39 is 0 Å². The third-order valence-electron chi connectivity index (χ3n) is 4.14. The Kier molecular flexibility index (Phi) is 3.00. The van der Waals surface area contributed by atoms with Crippen molar-refractivity contribution in [3.63, 3.8) is 0 Å². The molecule has 0 saturated heterocycles. The molecule has 0 aliphatic carbocycles. The standard InChI is InChI=1S/C16H16N6O/c1-9(10-3-4-13-11(5-10)6-14(23)21-13)20-15-12-7-19-22(2)16(12)18-8-17-15/h3-5,7-9H,6H2,1-2H3,(H,21,23)(H,17,18,20). The van der Waals surface area contributed by atoms with Crippen molar-refractivity contribution in [2.75, 3.05) is 10.6 Å². The average Bonchev–Trinajstić information content (AvgIpc) is 3.09. The van der Waals surface area contributed by atoms with Gasteiger partial charge in [-0.05, 0) is 24.1 Å². The lowest BCUT2D eigenvalue weighted by Gasteiger charge is -2.16. The fourth-order valence-electron chi connectivity index (χ4n) is 2.88. The first-order valence-corrected chi connectivity index (χ1v) is 7.44. The first-order valence-electron chi connectivity index (χ1n) is 7.44. The number of anilines is 2. The molecule has 7 nitrogen and oxygen atoms in total. The van der Waals surface area contributed by atoms with Crippen molar-refractivity contribution >= 4 is 28.4 Å². The van der Waals surface area contributed by atoms with Crippen LogP contribution in [0.1, 0.15) is 24.1 Å². The van der Waals surface area contributed by atoms with Gasteiger partial charge in [-0.2, -0.15) is 5.10 Å². The lowest BCUT2D eigenvalue weighted by atomic mass is 10.0. The average molecular weight is 308 g/mol. The molecule has 0 spiro atoms. The molecule has 1 amide bonds. The molecule has 23 heavy (non-hydrogen) atoms. The van der Waals surface area contributed by atoms with E-state index in [0.717, 1.165) is 33.7 Å². The summed E-state index contributed by atoms with van der Waals surface area (Å²) in [4.78, 5) is 20.0. The molecule has 1 aromatic carbocycles. The van der Waals surface area contributed by atoms with Crippen LogP contribution < -0.4 is 10.6 Å². The molecule has 116 valence electrons. The van der Waals surface area contributed by atoms with Crippen molar-refractivity contribution < 1.29 is 4.79 Å². The minimum Gasteiger partial charge on any atom is -0.363 e. The molecular weight excluding hydrogens is 292 g/mol. The highest BCUT2D eigenvalue weighted by Crippen LogP contribution is 2.28. The topological polar surface area (TPSA) is 84.7 Å². The Morgan fingerprint density at radius 2 is 2.22 bits per heavy atom. The molecule has 0 fully saturated rings. The number of amides is 1. The van der Waals surface area contributed by atoms with Gasteiger partial charge in [-0.15, -0.1) is 0 Å². The van der Waals surface area contributed by atoms with Crippen molar-refractivity contribution in [3.8, 4) is 0 Å². The molecule has 0 radical (unpaired) electrons. The van der Waals surface area contributed by atoms with Gasteiger partial charge >= 0.3 is 0 Å². The van der Waals surface area contributed by atoms with Gasteiger partial charge in [0.25, 0.3) is 0 Å². The van der Waals surface area contributed by atoms with E-state index in [2.05, 4.69) is 38.7 Å². The molecule has 2 aromatic heterocycles. The van der Waals surface area contributed by atoms with Crippen molar-refractivity contribution in [1.82, 2.24) is 19.7 Å². The second-order valence-corrected chi connectivity index (χ2v) is 5.74. The summed E-state index contributed by atoms with van der Waals surface area (Å²) in [5.41, 5.74) is 3.84. The van der Waals surface area contributed by atoms with Crippen LogP contribution in [0, 0.1) is 0 Å². The summed E-state index contributed by atoms with van der Waals surface area (Å²) in [7, 11) is 1.85. The third-order valence-corrected chi connectivity index (χ3v) is 4.14. The number of nitrogens with one attached hydrogen (secondary N) is 2. The number of fused-ring (bicyclic) bond motifs is 2. The predicted octanol–water partition coefficient (Wildman–Crippen LogP) is 2.03. The van der Waals surface area contributed by atoms with Crippen molar-refractivity contribution in [2.24, 2.45) is 7.05 Å². The van der Waals surface area contributed by atoms with Crippen LogP contribution in [0.3, 0.4) is 0 Å². The van der Waals surface area contributed by atoms with Crippen LogP contribution in [0.5, 0.6) is 0 Å². The zero-order valence-corrected chi connectivity index (χ0v) is 12.9. The lowest BCUT2D eigenvalue weighted by Crippen LogP contribution is -2.09. The second kappa shape index (κ2) is 5.05. The summed E-state index contributed by atoms with van der Waals surface area (Å²) < 4.78 is 1.72. The molecule has 1 atom stereocenters. The fraction of sp³-hybridized carbons (Fsp3) is 0.250. The summed E-state index contributed by atoms with van der Waals surface area (Å²) in [6.07, 6.45) is 3.73. The van der Waals surface area contributed by atoms with Gasteiger partial charge in [0, 0.05) is 18.8 Å². The SMILES string of the molecule is CC(Nc1ncnc2c1cnn2C)c1ccc2c(c1)CC(=O)N2. The molecular formula is C16H16N6O. The zero-order valence-electron chi connectivity index (χ0n) is 12.9. The number of aryl methyl sites for hydroxylation is 1. The molecule has 3 heterocycles. The van der Waals surface area contributed by atoms with Crippen LogP contribution in [0.4, 0.5) is 11.5 Å². The van der Waals surface area contributed by atoms with Gasteiger partial charge in [-0.3, -0.25) is 9.48 Å². The molecule has 1 aliphatic rings.